The number of nitrogens with zero attached hydrogens (tertiary/aromatic N) is 3. The van der Waals surface area contributed by atoms with E-state index >= 15 is 0 Å². The zero-order chi connectivity index (χ0) is 16.4. The normalized spacial score (nSPS) is 16.4. The number of anilines is 1. The molecule has 0 spiro atoms. The Morgan fingerprint density at radius 1 is 1.22 bits per heavy atom. The molecule has 0 amide bonds. The van der Waals surface area contributed by atoms with Gasteiger partial charge < -0.3 is 19.5 Å². The highest BCUT2D eigenvalue weighted by Gasteiger charge is 2.29. The zero-order valence-electron chi connectivity index (χ0n) is 13.0. The fraction of sp³-hybridized carbons (Fsp3) is 0.294. The second-order valence-corrected chi connectivity index (χ2v) is 5.27. The summed E-state index contributed by atoms with van der Waals surface area (Å²) in [7, 11) is 3.20. The number of pyridine rings is 1. The number of aromatic nitrogens is 1. The summed E-state index contributed by atoms with van der Waals surface area (Å²) < 4.78 is 10.8. The monoisotopic (exact) mass is 311 g/mol. The van der Waals surface area contributed by atoms with Crippen molar-refractivity contribution < 1.29 is 14.6 Å². The molecule has 2 aromatic rings. The van der Waals surface area contributed by atoms with Crippen LogP contribution >= 0.6 is 0 Å². The number of aliphatic hydroxyl groups excluding tert-OH is 1. The van der Waals surface area contributed by atoms with Crippen molar-refractivity contribution in [2.24, 2.45) is 0 Å². The van der Waals surface area contributed by atoms with E-state index < -0.39 is 6.10 Å². The molecule has 0 radical (unpaired) electrons. The summed E-state index contributed by atoms with van der Waals surface area (Å²) in [5.74, 6) is 1.37. The summed E-state index contributed by atoms with van der Waals surface area (Å²) in [4.78, 5) is 6.09. The molecule has 1 aliphatic heterocycles. The maximum absolute atomic E-state index is 10.6. The van der Waals surface area contributed by atoms with Crippen LogP contribution in [-0.4, -0.2) is 30.9 Å². The molecule has 0 saturated carbocycles. The second kappa shape index (κ2) is 6.15. The van der Waals surface area contributed by atoms with Crippen LogP contribution in [0, 0.1) is 11.3 Å². The number of hydrogen-bond acceptors (Lipinski definition) is 6. The number of nitriles is 1. The number of aliphatic hydroxyl groups is 1. The molecule has 1 aliphatic rings. The Morgan fingerprint density at radius 2 is 1.96 bits per heavy atom. The minimum atomic E-state index is -0.695. The maximum Gasteiger partial charge on any atom is 0.140 e. The van der Waals surface area contributed by atoms with Crippen molar-refractivity contribution in [1.29, 1.82) is 5.26 Å². The van der Waals surface area contributed by atoms with Gasteiger partial charge in [0.25, 0.3) is 0 Å². The number of ether oxygens (including phenoxy) is 2. The SMILES string of the molecule is COc1ccc(OC)c2c1CN(c1ccc(C#N)nc1)C[C@H]2O. The second-order valence-electron chi connectivity index (χ2n) is 5.27. The fourth-order valence-corrected chi connectivity index (χ4v) is 2.91. The van der Waals surface area contributed by atoms with Gasteiger partial charge >= 0.3 is 0 Å². The predicted molar refractivity (Wildman–Crippen MR) is 84.5 cm³/mol. The van der Waals surface area contributed by atoms with Gasteiger partial charge in [-0.15, -0.1) is 0 Å². The van der Waals surface area contributed by atoms with Gasteiger partial charge in [-0.1, -0.05) is 0 Å². The average Bonchev–Trinajstić information content (AvgIpc) is 2.60. The Kier molecular flexibility index (Phi) is 4.04. The van der Waals surface area contributed by atoms with Gasteiger partial charge in [0.15, 0.2) is 0 Å². The van der Waals surface area contributed by atoms with Crippen molar-refractivity contribution in [3.63, 3.8) is 0 Å². The highest BCUT2D eigenvalue weighted by atomic mass is 16.5. The van der Waals surface area contributed by atoms with E-state index in [9.17, 15) is 5.11 Å². The molecular formula is C17H17N3O3. The molecule has 1 atom stereocenters. The van der Waals surface area contributed by atoms with Gasteiger partial charge in [-0.05, 0) is 24.3 Å². The van der Waals surface area contributed by atoms with Crippen LogP contribution < -0.4 is 14.4 Å². The van der Waals surface area contributed by atoms with Gasteiger partial charge in [0.2, 0.25) is 0 Å². The molecule has 0 fully saturated rings. The van der Waals surface area contributed by atoms with Crippen LogP contribution in [0.5, 0.6) is 11.5 Å². The van der Waals surface area contributed by atoms with Crippen molar-refractivity contribution in [3.05, 3.63) is 47.3 Å². The van der Waals surface area contributed by atoms with E-state index in [0.29, 0.717) is 30.3 Å². The van der Waals surface area contributed by atoms with Gasteiger partial charge in [0, 0.05) is 24.2 Å². The third kappa shape index (κ3) is 2.67. The van der Waals surface area contributed by atoms with Crippen LogP contribution in [-0.2, 0) is 6.54 Å². The average molecular weight is 311 g/mol. The summed E-state index contributed by atoms with van der Waals surface area (Å²) in [6.45, 7) is 0.991. The Labute approximate surface area is 134 Å². The minimum Gasteiger partial charge on any atom is -0.496 e. The molecule has 1 aromatic heterocycles. The number of hydrogen-bond donors (Lipinski definition) is 1. The largest absolute Gasteiger partial charge is 0.496 e. The van der Waals surface area contributed by atoms with Crippen LogP contribution in [0.25, 0.3) is 0 Å². The van der Waals surface area contributed by atoms with Crippen molar-refractivity contribution >= 4 is 5.69 Å². The van der Waals surface area contributed by atoms with Gasteiger partial charge in [-0.3, -0.25) is 0 Å². The Balaban J connectivity index is 2.00. The topological polar surface area (TPSA) is 78.6 Å². The molecule has 1 aromatic carbocycles. The molecule has 23 heavy (non-hydrogen) atoms. The molecule has 2 heterocycles. The van der Waals surface area contributed by atoms with Crippen LogP contribution in [0.15, 0.2) is 30.5 Å². The molecule has 6 heteroatoms. The molecule has 0 saturated heterocycles. The van der Waals surface area contributed by atoms with Gasteiger partial charge in [-0.2, -0.15) is 5.26 Å². The molecule has 1 N–H and O–H groups in total. The molecule has 0 unspecified atom stereocenters. The molecule has 0 bridgehead atoms. The minimum absolute atomic E-state index is 0.367. The van der Waals surface area contributed by atoms with Crippen LogP contribution in [0.4, 0.5) is 5.69 Å². The van der Waals surface area contributed by atoms with Gasteiger partial charge in [0.05, 0.1) is 26.1 Å². The standard InChI is InChI=1S/C17H17N3O3/c1-22-15-5-6-16(23-2)17-13(15)9-20(10-14(17)21)12-4-3-11(7-18)19-8-12/h3-6,8,14,21H,9-10H2,1-2H3/t14-/m1/s1. The lowest BCUT2D eigenvalue weighted by molar-refractivity contribution is 0.169. The van der Waals surface area contributed by atoms with E-state index in [1.165, 1.54) is 0 Å². The summed E-state index contributed by atoms with van der Waals surface area (Å²) >= 11 is 0. The van der Waals surface area contributed by atoms with E-state index in [4.69, 9.17) is 14.7 Å². The highest BCUT2D eigenvalue weighted by molar-refractivity contribution is 5.57. The van der Waals surface area contributed by atoms with Crippen molar-refractivity contribution in [2.75, 3.05) is 25.7 Å². The summed E-state index contributed by atoms with van der Waals surface area (Å²) in [6.07, 6.45) is 0.947. The fourth-order valence-electron chi connectivity index (χ4n) is 2.91. The first kappa shape index (κ1) is 15.1. The molecule has 6 nitrogen and oxygen atoms in total. The maximum atomic E-state index is 10.6. The Bertz CT molecular complexity index is 753. The van der Waals surface area contributed by atoms with Crippen molar-refractivity contribution in [1.82, 2.24) is 4.98 Å². The van der Waals surface area contributed by atoms with E-state index in [-0.39, 0.29) is 0 Å². The van der Waals surface area contributed by atoms with E-state index in [1.807, 2.05) is 23.1 Å². The van der Waals surface area contributed by atoms with Crippen LogP contribution in [0.3, 0.4) is 0 Å². The van der Waals surface area contributed by atoms with Gasteiger partial charge in [-0.25, -0.2) is 4.98 Å². The summed E-state index contributed by atoms with van der Waals surface area (Å²) in [5.41, 5.74) is 2.88. The lowest BCUT2D eigenvalue weighted by Gasteiger charge is -2.35. The van der Waals surface area contributed by atoms with Crippen molar-refractivity contribution in [2.45, 2.75) is 12.6 Å². The molecule has 3 rings (SSSR count). The van der Waals surface area contributed by atoms with Crippen LogP contribution in [0.1, 0.15) is 22.9 Å². The molecular weight excluding hydrogens is 294 g/mol. The number of rotatable bonds is 3. The third-order valence-corrected chi connectivity index (χ3v) is 4.02. The zero-order valence-corrected chi connectivity index (χ0v) is 13.0. The Morgan fingerprint density at radius 3 is 2.57 bits per heavy atom. The molecule has 118 valence electrons. The summed E-state index contributed by atoms with van der Waals surface area (Å²) in [5, 5.41) is 19.4. The smallest absolute Gasteiger partial charge is 0.140 e. The van der Waals surface area contributed by atoms with Gasteiger partial charge in [0.1, 0.15) is 29.4 Å². The molecule has 0 aliphatic carbocycles. The third-order valence-electron chi connectivity index (χ3n) is 4.02. The Hall–Kier alpha value is -2.78. The van der Waals surface area contributed by atoms with E-state index in [0.717, 1.165) is 16.8 Å². The van der Waals surface area contributed by atoms with Crippen molar-refractivity contribution in [3.8, 4) is 17.6 Å². The number of benzene rings is 1. The predicted octanol–water partition coefficient (Wildman–Crippen LogP) is 2.02. The number of fused-ring (bicyclic) bond motifs is 1. The quantitative estimate of drug-likeness (QED) is 0.934. The van der Waals surface area contributed by atoms with Crippen LogP contribution in [0.2, 0.25) is 0 Å². The number of β-amino-alcohol motifs (C(OH)–C–C–N with tert-alkyl or cyclic N) is 1. The number of methoxy groups -OCH3 is 2. The van der Waals surface area contributed by atoms with E-state index in [2.05, 4.69) is 4.98 Å². The first-order chi connectivity index (χ1) is 11.2. The summed E-state index contributed by atoms with van der Waals surface area (Å²) in [6, 6.07) is 9.14. The first-order valence-corrected chi connectivity index (χ1v) is 7.20. The first-order valence-electron chi connectivity index (χ1n) is 7.20. The lowest BCUT2D eigenvalue weighted by atomic mass is 9.95. The highest BCUT2D eigenvalue weighted by Crippen LogP contribution is 2.40. The van der Waals surface area contributed by atoms with E-state index in [1.54, 1.807) is 32.5 Å². The lowest BCUT2D eigenvalue weighted by Crippen LogP contribution is -2.34.